The highest BCUT2D eigenvalue weighted by Crippen LogP contribution is 2.32. The van der Waals surface area contributed by atoms with Crippen molar-refractivity contribution < 1.29 is 19.4 Å². The number of anilines is 1. The van der Waals surface area contributed by atoms with Crippen molar-refractivity contribution in [3.63, 3.8) is 0 Å². The highest BCUT2D eigenvalue weighted by atomic mass is 32.1. The summed E-state index contributed by atoms with van der Waals surface area (Å²) in [5.74, 6) is 0.624. The topological polar surface area (TPSA) is 67.8 Å². The van der Waals surface area contributed by atoms with Gasteiger partial charge in [-0.25, -0.2) is 4.79 Å². The summed E-state index contributed by atoms with van der Waals surface area (Å²) < 4.78 is 11.2. The number of carboxylic acids is 1. The number of hydrogen-bond donors (Lipinski definition) is 2. The first-order valence-corrected chi connectivity index (χ1v) is 7.49. The van der Waals surface area contributed by atoms with Gasteiger partial charge in [-0.15, -0.1) is 11.3 Å². The Balaban J connectivity index is 1.67. The molecule has 0 saturated carbocycles. The van der Waals surface area contributed by atoms with E-state index in [1.54, 1.807) is 6.07 Å². The number of carboxylic acid groups (broad SMARTS) is 1. The van der Waals surface area contributed by atoms with Crippen LogP contribution in [0.1, 0.15) is 21.0 Å². The lowest BCUT2D eigenvalue weighted by Gasteiger charge is -2.10. The highest BCUT2D eigenvalue weighted by molar-refractivity contribution is 7.13. The molecule has 0 atom stereocenters. The van der Waals surface area contributed by atoms with E-state index in [1.807, 2.05) is 24.3 Å². The summed E-state index contributed by atoms with van der Waals surface area (Å²) >= 11 is 1.27. The molecule has 2 aromatic rings. The van der Waals surface area contributed by atoms with E-state index in [0.29, 0.717) is 24.6 Å². The van der Waals surface area contributed by atoms with Gasteiger partial charge >= 0.3 is 5.97 Å². The van der Waals surface area contributed by atoms with Gasteiger partial charge in [0, 0.05) is 29.6 Å². The Bertz CT molecular complexity index is 653. The van der Waals surface area contributed by atoms with Crippen LogP contribution in [0.5, 0.6) is 11.5 Å². The Morgan fingerprint density at radius 1 is 1.19 bits per heavy atom. The van der Waals surface area contributed by atoms with Crippen molar-refractivity contribution >= 4 is 23.0 Å². The Hall–Kier alpha value is -2.21. The zero-order valence-corrected chi connectivity index (χ0v) is 12.1. The summed E-state index contributed by atoms with van der Waals surface area (Å²) in [6.45, 7) is 1.91. The molecule has 2 N–H and O–H groups in total. The van der Waals surface area contributed by atoms with Crippen LogP contribution in [0.3, 0.4) is 0 Å². The predicted octanol–water partition coefficient (Wildman–Crippen LogP) is 3.22. The summed E-state index contributed by atoms with van der Waals surface area (Å²) in [6.07, 6.45) is 0.880. The standard InChI is InChI=1S/C15H15NO4S/c17-15(18)14-5-3-11(21-14)9-16-10-2-4-12-13(8-10)20-7-1-6-19-12/h2-5,8,16H,1,6-7,9H2,(H,17,18). The first kappa shape index (κ1) is 13.8. The van der Waals surface area contributed by atoms with Crippen molar-refractivity contribution in [3.8, 4) is 11.5 Å². The zero-order valence-electron chi connectivity index (χ0n) is 11.3. The normalized spacial score (nSPS) is 13.5. The Labute approximate surface area is 126 Å². The van der Waals surface area contributed by atoms with Gasteiger partial charge in [-0.3, -0.25) is 0 Å². The fourth-order valence-corrected chi connectivity index (χ4v) is 2.84. The van der Waals surface area contributed by atoms with Crippen LogP contribution >= 0.6 is 11.3 Å². The van der Waals surface area contributed by atoms with Gasteiger partial charge in [-0.2, -0.15) is 0 Å². The van der Waals surface area contributed by atoms with Crippen molar-refractivity contribution in [2.75, 3.05) is 18.5 Å². The molecule has 0 amide bonds. The molecule has 0 bridgehead atoms. The molecular weight excluding hydrogens is 290 g/mol. The molecule has 2 heterocycles. The van der Waals surface area contributed by atoms with Crippen molar-refractivity contribution in [2.24, 2.45) is 0 Å². The van der Waals surface area contributed by atoms with Crippen LogP contribution in [-0.4, -0.2) is 24.3 Å². The lowest BCUT2D eigenvalue weighted by Crippen LogP contribution is -1.99. The number of fused-ring (bicyclic) bond motifs is 1. The van der Waals surface area contributed by atoms with Crippen molar-refractivity contribution in [1.29, 1.82) is 0 Å². The van der Waals surface area contributed by atoms with Crippen LogP contribution < -0.4 is 14.8 Å². The SMILES string of the molecule is O=C(O)c1ccc(CNc2ccc3c(c2)OCCCO3)s1. The van der Waals surface area contributed by atoms with Gasteiger partial charge in [0.2, 0.25) is 0 Å². The molecule has 0 saturated heterocycles. The number of benzene rings is 1. The van der Waals surface area contributed by atoms with Gasteiger partial charge in [0.1, 0.15) is 4.88 Å². The van der Waals surface area contributed by atoms with Crippen LogP contribution in [0.25, 0.3) is 0 Å². The van der Waals surface area contributed by atoms with E-state index in [1.165, 1.54) is 11.3 Å². The molecule has 6 heteroatoms. The molecule has 0 fully saturated rings. The number of carbonyl (C=O) groups is 1. The average Bonchev–Trinajstić information content (AvgIpc) is 2.84. The first-order chi connectivity index (χ1) is 10.2. The van der Waals surface area contributed by atoms with Crippen LogP contribution in [0.2, 0.25) is 0 Å². The lowest BCUT2D eigenvalue weighted by atomic mass is 10.2. The number of ether oxygens (including phenoxy) is 2. The molecular formula is C15H15NO4S. The molecule has 5 nitrogen and oxygen atoms in total. The molecule has 1 aliphatic rings. The summed E-state index contributed by atoms with van der Waals surface area (Å²) in [7, 11) is 0. The monoisotopic (exact) mass is 305 g/mol. The molecule has 0 unspecified atom stereocenters. The third kappa shape index (κ3) is 3.28. The number of thiophene rings is 1. The molecule has 0 aliphatic carbocycles. The van der Waals surface area contributed by atoms with Crippen LogP contribution in [-0.2, 0) is 6.54 Å². The van der Waals surface area contributed by atoms with Gasteiger partial charge in [-0.1, -0.05) is 0 Å². The van der Waals surface area contributed by atoms with Crippen LogP contribution in [0.4, 0.5) is 5.69 Å². The zero-order chi connectivity index (χ0) is 14.7. The number of nitrogens with one attached hydrogen (secondary N) is 1. The van der Waals surface area contributed by atoms with Crippen LogP contribution in [0, 0.1) is 0 Å². The van der Waals surface area contributed by atoms with Gasteiger partial charge in [0.05, 0.1) is 13.2 Å². The smallest absolute Gasteiger partial charge is 0.345 e. The third-order valence-corrected chi connectivity index (χ3v) is 4.16. The molecule has 110 valence electrons. The summed E-state index contributed by atoms with van der Waals surface area (Å²) in [4.78, 5) is 12.2. The number of rotatable bonds is 4. The van der Waals surface area contributed by atoms with E-state index in [0.717, 1.165) is 28.5 Å². The third-order valence-electron chi connectivity index (χ3n) is 3.09. The second-order valence-corrected chi connectivity index (χ2v) is 5.80. The molecule has 1 aliphatic heterocycles. The van der Waals surface area contributed by atoms with Crippen LogP contribution in [0.15, 0.2) is 30.3 Å². The largest absolute Gasteiger partial charge is 0.490 e. The van der Waals surface area contributed by atoms with E-state index in [-0.39, 0.29) is 0 Å². The second-order valence-electron chi connectivity index (χ2n) is 4.64. The maximum atomic E-state index is 10.8. The summed E-state index contributed by atoms with van der Waals surface area (Å²) in [5, 5.41) is 12.2. The van der Waals surface area contributed by atoms with E-state index < -0.39 is 5.97 Å². The highest BCUT2D eigenvalue weighted by Gasteiger charge is 2.11. The fraction of sp³-hybridized carbons (Fsp3) is 0.267. The maximum Gasteiger partial charge on any atom is 0.345 e. The second kappa shape index (κ2) is 6.05. The van der Waals surface area contributed by atoms with Gasteiger partial charge in [-0.05, 0) is 24.3 Å². The minimum Gasteiger partial charge on any atom is -0.490 e. The minimum atomic E-state index is -0.887. The molecule has 0 radical (unpaired) electrons. The summed E-state index contributed by atoms with van der Waals surface area (Å²) in [5.41, 5.74) is 0.921. The fourth-order valence-electron chi connectivity index (χ4n) is 2.05. The van der Waals surface area contributed by atoms with Crippen molar-refractivity contribution in [1.82, 2.24) is 0 Å². The molecule has 0 spiro atoms. The lowest BCUT2D eigenvalue weighted by molar-refractivity contribution is 0.0702. The van der Waals surface area contributed by atoms with Gasteiger partial charge < -0.3 is 19.9 Å². The van der Waals surface area contributed by atoms with E-state index >= 15 is 0 Å². The van der Waals surface area contributed by atoms with Gasteiger partial charge in [0.15, 0.2) is 11.5 Å². The van der Waals surface area contributed by atoms with E-state index in [9.17, 15) is 4.79 Å². The first-order valence-electron chi connectivity index (χ1n) is 6.68. The Morgan fingerprint density at radius 2 is 2.00 bits per heavy atom. The Kier molecular flexibility index (Phi) is 3.96. The maximum absolute atomic E-state index is 10.8. The molecule has 3 rings (SSSR count). The minimum absolute atomic E-state index is 0.352. The van der Waals surface area contributed by atoms with Crippen molar-refractivity contribution in [3.05, 3.63) is 40.1 Å². The quantitative estimate of drug-likeness (QED) is 0.908. The molecule has 1 aromatic carbocycles. The number of aromatic carboxylic acids is 1. The molecule has 21 heavy (non-hydrogen) atoms. The van der Waals surface area contributed by atoms with Crippen molar-refractivity contribution in [2.45, 2.75) is 13.0 Å². The van der Waals surface area contributed by atoms with E-state index in [4.69, 9.17) is 14.6 Å². The van der Waals surface area contributed by atoms with Gasteiger partial charge in [0.25, 0.3) is 0 Å². The average molecular weight is 305 g/mol. The number of hydrogen-bond acceptors (Lipinski definition) is 5. The van der Waals surface area contributed by atoms with E-state index in [2.05, 4.69) is 5.32 Å². The summed E-state index contributed by atoms with van der Waals surface area (Å²) in [6, 6.07) is 9.17. The predicted molar refractivity (Wildman–Crippen MR) is 80.7 cm³/mol. The Morgan fingerprint density at radius 3 is 2.76 bits per heavy atom. The molecule has 1 aromatic heterocycles.